The summed E-state index contributed by atoms with van der Waals surface area (Å²) in [5.74, 6) is 0.187. The predicted octanol–water partition coefficient (Wildman–Crippen LogP) is 3.19. The largest absolute Gasteiger partial charge is 0.342 e. The topological polar surface area (TPSA) is 28.5 Å². The van der Waals surface area contributed by atoms with Gasteiger partial charge in [0.2, 0.25) is 5.91 Å². The molecule has 0 aliphatic carbocycles. The number of halogens is 1. The van der Waals surface area contributed by atoms with Crippen LogP contribution in [-0.2, 0) is 24.2 Å². The zero-order chi connectivity index (χ0) is 17.3. The number of hydrogen-bond acceptors (Lipinski definition) is 2. The Kier molecular flexibility index (Phi) is 5.16. The first-order valence-corrected chi connectivity index (χ1v) is 9.18. The fourth-order valence-corrected chi connectivity index (χ4v) is 3.89. The first-order chi connectivity index (χ1) is 11.5. The van der Waals surface area contributed by atoms with Gasteiger partial charge in [0.05, 0.1) is 0 Å². The van der Waals surface area contributed by atoms with E-state index in [1.54, 1.807) is 0 Å². The van der Waals surface area contributed by atoms with E-state index in [1.165, 1.54) is 16.6 Å². The number of fused-ring (bicyclic) bond motifs is 3. The van der Waals surface area contributed by atoms with Gasteiger partial charge in [0.1, 0.15) is 6.54 Å². The second-order valence-corrected chi connectivity index (χ2v) is 6.98. The monoisotopic (exact) mass is 347 g/mol. The molecule has 0 bridgehead atoms. The summed E-state index contributed by atoms with van der Waals surface area (Å²) >= 11 is 6.25. The molecule has 1 amide bonds. The van der Waals surface area contributed by atoms with Gasteiger partial charge < -0.3 is 14.4 Å². The first-order valence-electron chi connectivity index (χ1n) is 8.81. The van der Waals surface area contributed by atoms with Crippen molar-refractivity contribution in [3.63, 3.8) is 0 Å². The van der Waals surface area contributed by atoms with Crippen LogP contribution in [0.25, 0.3) is 10.9 Å². The van der Waals surface area contributed by atoms with Crippen LogP contribution in [0, 0.1) is 0 Å². The molecule has 4 nitrogen and oxygen atoms in total. The molecular formula is C19H26ClN3O. The molecule has 0 N–H and O–H groups in total. The summed E-state index contributed by atoms with van der Waals surface area (Å²) in [6, 6.07) is 6.04. The van der Waals surface area contributed by atoms with Crippen LogP contribution in [0.4, 0.5) is 0 Å². The number of carbonyl (C=O) groups excluding carboxylic acids is 1. The van der Waals surface area contributed by atoms with Gasteiger partial charge in [0.25, 0.3) is 0 Å². The maximum atomic E-state index is 12.7. The van der Waals surface area contributed by atoms with Crippen molar-refractivity contribution >= 4 is 28.4 Å². The molecule has 24 heavy (non-hydrogen) atoms. The highest BCUT2D eigenvalue weighted by Gasteiger charge is 2.22. The van der Waals surface area contributed by atoms with Crippen molar-refractivity contribution in [2.45, 2.75) is 33.2 Å². The Morgan fingerprint density at radius 1 is 1.21 bits per heavy atom. The zero-order valence-electron chi connectivity index (χ0n) is 14.8. The van der Waals surface area contributed by atoms with E-state index in [-0.39, 0.29) is 5.91 Å². The second kappa shape index (κ2) is 7.16. The lowest BCUT2D eigenvalue weighted by molar-refractivity contribution is -0.131. The van der Waals surface area contributed by atoms with Gasteiger partial charge in [0, 0.05) is 54.2 Å². The summed E-state index contributed by atoms with van der Waals surface area (Å²) in [6.07, 6.45) is 1.98. The molecule has 2 heterocycles. The molecule has 0 radical (unpaired) electrons. The summed E-state index contributed by atoms with van der Waals surface area (Å²) in [7, 11) is 2.16. The average molecular weight is 348 g/mol. The average Bonchev–Trinajstić information content (AvgIpc) is 2.70. The lowest BCUT2D eigenvalue weighted by Crippen LogP contribution is -2.33. The van der Waals surface area contributed by atoms with Crippen LogP contribution in [-0.4, -0.2) is 53.5 Å². The predicted molar refractivity (Wildman–Crippen MR) is 99.8 cm³/mol. The SMILES string of the molecule is CCN(CC)C(=O)Cn1c2c(c3cc(Cl)ccc31)CCN(C)CC2. The van der Waals surface area contributed by atoms with Crippen molar-refractivity contribution in [2.75, 3.05) is 33.2 Å². The van der Waals surface area contributed by atoms with Crippen LogP contribution < -0.4 is 0 Å². The van der Waals surface area contributed by atoms with E-state index in [9.17, 15) is 4.79 Å². The maximum Gasteiger partial charge on any atom is 0.242 e. The molecule has 0 fully saturated rings. The van der Waals surface area contributed by atoms with E-state index < -0.39 is 0 Å². The maximum absolute atomic E-state index is 12.7. The van der Waals surface area contributed by atoms with Crippen molar-refractivity contribution in [2.24, 2.45) is 0 Å². The highest BCUT2D eigenvalue weighted by atomic mass is 35.5. The standard InChI is InChI=1S/C19H26ClN3O/c1-4-22(5-2)19(24)13-23-17-7-6-14(20)12-16(17)15-8-10-21(3)11-9-18(15)23/h6-7,12H,4-5,8-11,13H2,1-3H3. The van der Waals surface area contributed by atoms with Gasteiger partial charge in [-0.3, -0.25) is 4.79 Å². The molecule has 0 saturated carbocycles. The van der Waals surface area contributed by atoms with E-state index in [2.05, 4.69) is 28.6 Å². The number of aromatic nitrogens is 1. The molecule has 0 saturated heterocycles. The minimum absolute atomic E-state index is 0.187. The minimum Gasteiger partial charge on any atom is -0.342 e. The Morgan fingerprint density at radius 3 is 2.62 bits per heavy atom. The molecule has 130 valence electrons. The van der Waals surface area contributed by atoms with Gasteiger partial charge in [-0.15, -0.1) is 0 Å². The molecule has 0 unspecified atom stereocenters. The first kappa shape index (κ1) is 17.3. The highest BCUT2D eigenvalue weighted by Crippen LogP contribution is 2.31. The molecule has 3 rings (SSSR count). The van der Waals surface area contributed by atoms with Crippen LogP contribution in [0.5, 0.6) is 0 Å². The van der Waals surface area contributed by atoms with Crippen LogP contribution >= 0.6 is 11.6 Å². The van der Waals surface area contributed by atoms with Crippen LogP contribution in [0.2, 0.25) is 5.02 Å². The Balaban J connectivity index is 2.08. The van der Waals surface area contributed by atoms with Crippen molar-refractivity contribution < 1.29 is 4.79 Å². The summed E-state index contributed by atoms with van der Waals surface area (Å²) < 4.78 is 2.22. The fourth-order valence-electron chi connectivity index (χ4n) is 3.72. The van der Waals surface area contributed by atoms with Gasteiger partial charge in [-0.25, -0.2) is 0 Å². The molecule has 0 spiro atoms. The van der Waals surface area contributed by atoms with Crippen molar-refractivity contribution in [3.05, 3.63) is 34.5 Å². The van der Waals surface area contributed by atoms with Crippen LogP contribution in [0.3, 0.4) is 0 Å². The van der Waals surface area contributed by atoms with Gasteiger partial charge in [-0.05, 0) is 51.1 Å². The Hall–Kier alpha value is -1.52. The van der Waals surface area contributed by atoms with Crippen LogP contribution in [0.15, 0.2) is 18.2 Å². The molecule has 5 heteroatoms. The van der Waals surface area contributed by atoms with Crippen molar-refractivity contribution in [1.82, 2.24) is 14.4 Å². The Labute approximate surface area is 149 Å². The fraction of sp³-hybridized carbons (Fsp3) is 0.526. The third-order valence-corrected chi connectivity index (χ3v) is 5.37. The van der Waals surface area contributed by atoms with Crippen molar-refractivity contribution in [3.8, 4) is 0 Å². The summed E-state index contributed by atoms with van der Waals surface area (Å²) in [5.41, 5.74) is 3.80. The normalized spacial score (nSPS) is 15.3. The highest BCUT2D eigenvalue weighted by molar-refractivity contribution is 6.31. The second-order valence-electron chi connectivity index (χ2n) is 6.54. The third-order valence-electron chi connectivity index (χ3n) is 5.13. The summed E-state index contributed by atoms with van der Waals surface area (Å²) in [4.78, 5) is 16.9. The quantitative estimate of drug-likeness (QED) is 0.849. The summed E-state index contributed by atoms with van der Waals surface area (Å²) in [5, 5.41) is 1.97. The number of benzene rings is 1. The van der Waals surface area contributed by atoms with E-state index in [4.69, 9.17) is 11.6 Å². The molecule has 2 aromatic rings. The van der Waals surface area contributed by atoms with Crippen molar-refractivity contribution in [1.29, 1.82) is 0 Å². The number of amides is 1. The number of hydrogen-bond donors (Lipinski definition) is 0. The molecule has 1 aliphatic rings. The molecule has 1 aromatic carbocycles. The molecule has 1 aliphatic heterocycles. The smallest absolute Gasteiger partial charge is 0.242 e. The van der Waals surface area contributed by atoms with E-state index in [0.717, 1.165) is 49.6 Å². The zero-order valence-corrected chi connectivity index (χ0v) is 15.6. The Morgan fingerprint density at radius 2 is 1.92 bits per heavy atom. The van der Waals surface area contributed by atoms with Gasteiger partial charge in [0.15, 0.2) is 0 Å². The number of likely N-dealkylation sites (N-methyl/N-ethyl adjacent to an activating group) is 2. The van der Waals surface area contributed by atoms with E-state index in [0.29, 0.717) is 6.54 Å². The van der Waals surface area contributed by atoms with Crippen LogP contribution in [0.1, 0.15) is 25.1 Å². The van der Waals surface area contributed by atoms with E-state index in [1.807, 2.05) is 24.8 Å². The number of rotatable bonds is 4. The Bertz CT molecular complexity index is 749. The van der Waals surface area contributed by atoms with Gasteiger partial charge in [-0.1, -0.05) is 11.6 Å². The molecule has 1 aromatic heterocycles. The lowest BCUT2D eigenvalue weighted by atomic mass is 10.1. The summed E-state index contributed by atoms with van der Waals surface area (Å²) in [6.45, 7) is 8.06. The minimum atomic E-state index is 0.187. The number of carbonyl (C=O) groups is 1. The lowest BCUT2D eigenvalue weighted by Gasteiger charge is -2.20. The third kappa shape index (κ3) is 3.17. The van der Waals surface area contributed by atoms with E-state index >= 15 is 0 Å². The molecule has 0 atom stereocenters. The molecular weight excluding hydrogens is 322 g/mol. The van der Waals surface area contributed by atoms with Gasteiger partial charge in [-0.2, -0.15) is 0 Å². The van der Waals surface area contributed by atoms with Gasteiger partial charge >= 0.3 is 0 Å². The number of nitrogens with zero attached hydrogens (tertiary/aromatic N) is 3.